The van der Waals surface area contributed by atoms with Crippen LogP contribution in [-0.2, 0) is 16.6 Å². The highest BCUT2D eigenvalue weighted by molar-refractivity contribution is 6.30. The van der Waals surface area contributed by atoms with Crippen molar-refractivity contribution in [2.75, 3.05) is 0 Å². The van der Waals surface area contributed by atoms with E-state index in [1.165, 1.54) is 0 Å². The molecule has 3 heteroatoms. The van der Waals surface area contributed by atoms with Gasteiger partial charge < -0.3 is 5.11 Å². The summed E-state index contributed by atoms with van der Waals surface area (Å²) < 4.78 is 0. The van der Waals surface area contributed by atoms with E-state index >= 15 is 0 Å². The molecule has 1 N–H and O–H groups in total. The van der Waals surface area contributed by atoms with Crippen LogP contribution in [-0.4, -0.2) is 11.1 Å². The molecule has 1 unspecified atom stereocenters. The first-order valence-corrected chi connectivity index (χ1v) is 6.43. The number of carboxylic acids is 1. The van der Waals surface area contributed by atoms with Crippen LogP contribution in [0.3, 0.4) is 0 Å². The fourth-order valence-corrected chi connectivity index (χ4v) is 2.24. The van der Waals surface area contributed by atoms with Gasteiger partial charge >= 0.3 is 5.97 Å². The zero-order valence-electron chi connectivity index (χ0n) is 10.6. The van der Waals surface area contributed by atoms with Gasteiger partial charge in [-0.05, 0) is 36.6 Å². The Bertz CT molecular complexity index is 563. The van der Waals surface area contributed by atoms with Gasteiger partial charge in [-0.3, -0.25) is 4.79 Å². The second-order valence-corrected chi connectivity index (χ2v) is 5.24. The highest BCUT2D eigenvalue weighted by atomic mass is 35.5. The SMILES string of the molecule is CC(Cc1ccc(Cl)cc1)(C(=O)O)c1ccccc1. The molecule has 0 heterocycles. The molecule has 2 rings (SSSR count). The molecule has 2 nitrogen and oxygen atoms in total. The van der Waals surface area contributed by atoms with E-state index in [1.807, 2.05) is 42.5 Å². The van der Waals surface area contributed by atoms with Crippen molar-refractivity contribution in [1.82, 2.24) is 0 Å². The molecule has 0 fully saturated rings. The van der Waals surface area contributed by atoms with Crippen LogP contribution in [0.25, 0.3) is 0 Å². The molecule has 0 radical (unpaired) electrons. The lowest BCUT2D eigenvalue weighted by Crippen LogP contribution is -2.34. The van der Waals surface area contributed by atoms with Crippen molar-refractivity contribution >= 4 is 17.6 Å². The molecule has 2 aromatic carbocycles. The topological polar surface area (TPSA) is 37.3 Å². The highest BCUT2D eigenvalue weighted by Gasteiger charge is 2.35. The van der Waals surface area contributed by atoms with Gasteiger partial charge in [0.25, 0.3) is 0 Å². The van der Waals surface area contributed by atoms with E-state index < -0.39 is 11.4 Å². The number of hydrogen-bond acceptors (Lipinski definition) is 1. The van der Waals surface area contributed by atoms with E-state index in [2.05, 4.69) is 0 Å². The molecule has 0 amide bonds. The fraction of sp³-hybridized carbons (Fsp3) is 0.188. The Labute approximate surface area is 117 Å². The number of benzene rings is 2. The lowest BCUT2D eigenvalue weighted by atomic mass is 9.77. The van der Waals surface area contributed by atoms with Crippen LogP contribution < -0.4 is 0 Å². The summed E-state index contributed by atoms with van der Waals surface area (Å²) in [6.07, 6.45) is 0.434. The number of aliphatic carboxylic acids is 1. The fourth-order valence-electron chi connectivity index (χ4n) is 2.12. The van der Waals surface area contributed by atoms with Crippen molar-refractivity contribution in [2.24, 2.45) is 0 Å². The predicted molar refractivity (Wildman–Crippen MR) is 76.6 cm³/mol. The van der Waals surface area contributed by atoms with Gasteiger partial charge in [0.2, 0.25) is 0 Å². The quantitative estimate of drug-likeness (QED) is 0.917. The third-order valence-electron chi connectivity index (χ3n) is 3.35. The summed E-state index contributed by atoms with van der Waals surface area (Å²) in [5.41, 5.74) is 0.824. The molecule has 0 saturated carbocycles. The smallest absolute Gasteiger partial charge is 0.314 e. The normalized spacial score (nSPS) is 13.8. The van der Waals surface area contributed by atoms with Crippen LogP contribution >= 0.6 is 11.6 Å². The van der Waals surface area contributed by atoms with E-state index in [1.54, 1.807) is 19.1 Å². The average molecular weight is 275 g/mol. The summed E-state index contributed by atoms with van der Waals surface area (Å²) in [4.78, 5) is 11.7. The Kier molecular flexibility index (Phi) is 3.91. The van der Waals surface area contributed by atoms with E-state index in [-0.39, 0.29) is 0 Å². The maximum atomic E-state index is 11.7. The third-order valence-corrected chi connectivity index (χ3v) is 3.61. The Morgan fingerprint density at radius 2 is 1.68 bits per heavy atom. The van der Waals surface area contributed by atoms with Crippen LogP contribution in [0.5, 0.6) is 0 Å². The van der Waals surface area contributed by atoms with Crippen LogP contribution in [0.15, 0.2) is 54.6 Å². The molecule has 98 valence electrons. The van der Waals surface area contributed by atoms with E-state index in [9.17, 15) is 9.90 Å². The molecule has 19 heavy (non-hydrogen) atoms. The zero-order valence-corrected chi connectivity index (χ0v) is 11.4. The van der Waals surface area contributed by atoms with Gasteiger partial charge in [0, 0.05) is 5.02 Å². The zero-order chi connectivity index (χ0) is 13.9. The molecule has 0 aromatic heterocycles. The molecule has 0 aliphatic heterocycles. The van der Waals surface area contributed by atoms with Gasteiger partial charge in [0.1, 0.15) is 0 Å². The standard InChI is InChI=1S/C16H15ClO2/c1-16(15(18)19,13-5-3-2-4-6-13)11-12-7-9-14(17)10-8-12/h2-10H,11H2,1H3,(H,18,19). The molecule has 2 aromatic rings. The van der Waals surface area contributed by atoms with E-state index in [4.69, 9.17) is 11.6 Å². The molecule has 0 aliphatic carbocycles. The molecule has 1 atom stereocenters. The number of carboxylic acid groups (broad SMARTS) is 1. The van der Waals surface area contributed by atoms with Crippen LogP contribution in [0.4, 0.5) is 0 Å². The second-order valence-electron chi connectivity index (χ2n) is 4.81. The van der Waals surface area contributed by atoms with Crippen LogP contribution in [0.1, 0.15) is 18.1 Å². The summed E-state index contributed by atoms with van der Waals surface area (Å²) in [5.74, 6) is -0.825. The minimum Gasteiger partial charge on any atom is -0.481 e. The van der Waals surface area contributed by atoms with Gasteiger partial charge in [0.15, 0.2) is 0 Å². The predicted octanol–water partition coefficient (Wildman–Crippen LogP) is 3.93. The third kappa shape index (κ3) is 2.96. The number of hydrogen-bond donors (Lipinski definition) is 1. The lowest BCUT2D eigenvalue weighted by Gasteiger charge is -2.25. The Morgan fingerprint density at radius 3 is 2.21 bits per heavy atom. The highest BCUT2D eigenvalue weighted by Crippen LogP contribution is 2.29. The summed E-state index contributed by atoms with van der Waals surface area (Å²) in [6, 6.07) is 16.6. The summed E-state index contributed by atoms with van der Waals surface area (Å²) >= 11 is 5.85. The van der Waals surface area contributed by atoms with Gasteiger partial charge in [-0.15, -0.1) is 0 Å². The van der Waals surface area contributed by atoms with Gasteiger partial charge in [-0.1, -0.05) is 54.1 Å². The van der Waals surface area contributed by atoms with Gasteiger partial charge in [0.05, 0.1) is 5.41 Å². The van der Waals surface area contributed by atoms with Crippen molar-refractivity contribution < 1.29 is 9.90 Å². The maximum absolute atomic E-state index is 11.7. The van der Waals surface area contributed by atoms with Crippen molar-refractivity contribution in [1.29, 1.82) is 0 Å². The van der Waals surface area contributed by atoms with Crippen molar-refractivity contribution in [3.05, 3.63) is 70.7 Å². The summed E-state index contributed by atoms with van der Waals surface area (Å²) in [7, 11) is 0. The minimum absolute atomic E-state index is 0.434. The van der Waals surface area contributed by atoms with Gasteiger partial charge in [-0.25, -0.2) is 0 Å². The Balaban J connectivity index is 2.36. The number of rotatable bonds is 4. The number of carbonyl (C=O) groups is 1. The molecule has 0 aliphatic rings. The lowest BCUT2D eigenvalue weighted by molar-refractivity contribution is -0.143. The largest absolute Gasteiger partial charge is 0.481 e. The van der Waals surface area contributed by atoms with E-state index in [0.717, 1.165) is 11.1 Å². The molecule has 0 bridgehead atoms. The summed E-state index contributed by atoms with van der Waals surface area (Å²) in [6.45, 7) is 1.75. The summed E-state index contributed by atoms with van der Waals surface area (Å²) in [5, 5.41) is 10.2. The monoisotopic (exact) mass is 274 g/mol. The van der Waals surface area contributed by atoms with E-state index in [0.29, 0.717) is 11.4 Å². The first kappa shape index (κ1) is 13.6. The van der Waals surface area contributed by atoms with Crippen molar-refractivity contribution in [3.63, 3.8) is 0 Å². The number of halogens is 1. The molecular formula is C16H15ClO2. The van der Waals surface area contributed by atoms with Gasteiger partial charge in [-0.2, -0.15) is 0 Å². The van der Waals surface area contributed by atoms with Crippen molar-refractivity contribution in [2.45, 2.75) is 18.8 Å². The second kappa shape index (κ2) is 5.45. The minimum atomic E-state index is -0.935. The van der Waals surface area contributed by atoms with Crippen LogP contribution in [0, 0.1) is 0 Å². The molecule has 0 spiro atoms. The Morgan fingerprint density at radius 1 is 1.11 bits per heavy atom. The average Bonchev–Trinajstić information content (AvgIpc) is 2.42. The maximum Gasteiger partial charge on any atom is 0.314 e. The molecule has 0 saturated heterocycles. The first-order chi connectivity index (χ1) is 9.02. The van der Waals surface area contributed by atoms with Crippen LogP contribution in [0.2, 0.25) is 5.02 Å². The molecular weight excluding hydrogens is 260 g/mol. The van der Waals surface area contributed by atoms with Crippen molar-refractivity contribution in [3.8, 4) is 0 Å². The first-order valence-electron chi connectivity index (χ1n) is 6.06. The Hall–Kier alpha value is -1.80.